The first kappa shape index (κ1) is 29.3. The minimum atomic E-state index is -0.393. The first-order valence-corrected chi connectivity index (χ1v) is 15.8. The molecule has 3 aromatic carbocycles. The largest absolute Gasteiger partial charge is 0.326 e. The average Bonchev–Trinajstić information content (AvgIpc) is 3.71. The van der Waals surface area contributed by atoms with E-state index in [9.17, 15) is 19.2 Å². The van der Waals surface area contributed by atoms with Crippen molar-refractivity contribution < 1.29 is 19.2 Å². The highest BCUT2D eigenvalue weighted by Gasteiger charge is 2.39. The molecule has 3 aliphatic rings. The summed E-state index contributed by atoms with van der Waals surface area (Å²) in [6, 6.07) is 19.5. The predicted molar refractivity (Wildman–Crippen MR) is 171 cm³/mol. The molecule has 12 heteroatoms. The van der Waals surface area contributed by atoms with Gasteiger partial charge in [0, 0.05) is 23.5 Å². The number of anilines is 3. The molecule has 4 aromatic rings. The number of nitrogens with one attached hydrogen (secondary N) is 3. The lowest BCUT2D eigenvalue weighted by Crippen LogP contribution is -2.34. The van der Waals surface area contributed by atoms with Crippen LogP contribution < -0.4 is 15.5 Å². The summed E-state index contributed by atoms with van der Waals surface area (Å²) >= 11 is 0. The molecule has 0 unspecified atom stereocenters. The van der Waals surface area contributed by atoms with Crippen LogP contribution in [0.1, 0.15) is 93.1 Å². The number of rotatable bonds is 9. The summed E-state index contributed by atoms with van der Waals surface area (Å²) in [6.07, 6.45) is 8.15. The number of aromatic amines is 1. The van der Waals surface area contributed by atoms with Gasteiger partial charge in [-0.25, -0.2) is 4.79 Å². The number of fused-ring (bicyclic) bond motifs is 1. The van der Waals surface area contributed by atoms with Crippen LogP contribution in [0.5, 0.6) is 0 Å². The Morgan fingerprint density at radius 3 is 2.28 bits per heavy atom. The van der Waals surface area contributed by atoms with Gasteiger partial charge < -0.3 is 5.32 Å². The number of imide groups is 1. The Labute approximate surface area is 265 Å². The SMILES string of the molecule is O=C(Nc1nn[nH]n1)c1ccc(CN(C(=O)Nc2ccc3c(c2)C(=O)N(CC2CC2)C3=O)c2ccc(C3CCCCC3)cc2)cc1. The number of H-pyrrole nitrogens is 1. The van der Waals surface area contributed by atoms with E-state index in [0.717, 1.165) is 18.4 Å². The van der Waals surface area contributed by atoms with Crippen LogP contribution >= 0.6 is 0 Å². The smallest absolute Gasteiger partial charge is 0.308 e. The van der Waals surface area contributed by atoms with Crippen molar-refractivity contribution in [2.24, 2.45) is 5.92 Å². The number of urea groups is 1. The van der Waals surface area contributed by atoms with Crippen LogP contribution in [-0.4, -0.2) is 55.8 Å². The third-order valence-corrected chi connectivity index (χ3v) is 9.01. The maximum absolute atomic E-state index is 13.9. The summed E-state index contributed by atoms with van der Waals surface area (Å²) in [6.45, 7) is 0.662. The van der Waals surface area contributed by atoms with E-state index < -0.39 is 6.03 Å². The quantitative estimate of drug-likeness (QED) is 0.202. The van der Waals surface area contributed by atoms with Gasteiger partial charge in [-0.2, -0.15) is 5.21 Å². The van der Waals surface area contributed by atoms with Crippen molar-refractivity contribution in [2.75, 3.05) is 22.1 Å². The topological polar surface area (TPSA) is 153 Å². The van der Waals surface area contributed by atoms with E-state index in [1.54, 1.807) is 47.4 Å². The normalized spacial score (nSPS) is 16.3. The van der Waals surface area contributed by atoms with Crippen LogP contribution in [0.25, 0.3) is 0 Å². The molecule has 1 aromatic heterocycles. The Morgan fingerprint density at radius 1 is 0.848 bits per heavy atom. The molecule has 46 heavy (non-hydrogen) atoms. The van der Waals surface area contributed by atoms with Gasteiger partial charge >= 0.3 is 6.03 Å². The molecule has 2 aliphatic carbocycles. The fourth-order valence-electron chi connectivity index (χ4n) is 6.26. The first-order chi connectivity index (χ1) is 22.4. The Kier molecular flexibility index (Phi) is 8.00. The Balaban J connectivity index is 1.11. The molecular weight excluding hydrogens is 584 g/mol. The van der Waals surface area contributed by atoms with Gasteiger partial charge in [-0.15, -0.1) is 5.10 Å². The van der Waals surface area contributed by atoms with Gasteiger partial charge in [0.1, 0.15) is 0 Å². The van der Waals surface area contributed by atoms with Gasteiger partial charge in [0.05, 0.1) is 17.7 Å². The minimum absolute atomic E-state index is 0.0711. The number of carbonyl (C=O) groups excluding carboxylic acids is 4. The molecule has 3 N–H and O–H groups in total. The number of benzene rings is 3. The standard InChI is InChI=1S/C34H34N8O4/c43-30(36-33-37-39-40-38-33)25-10-8-22(9-11-25)19-41(27-15-12-24(13-16-27)23-4-2-1-3-5-23)34(46)35-26-14-17-28-29(18-26)32(45)42(31(28)44)20-21-6-7-21/h8-18,21,23H,1-7,19-20H2,(H,35,46)(H2,36,37,38,39,40,43). The molecule has 5 amide bonds. The van der Waals surface area contributed by atoms with E-state index in [2.05, 4.69) is 43.4 Å². The number of carbonyl (C=O) groups is 4. The fourth-order valence-corrected chi connectivity index (χ4v) is 6.26. The van der Waals surface area contributed by atoms with Gasteiger partial charge in [-0.05, 0) is 96.3 Å². The summed E-state index contributed by atoms with van der Waals surface area (Å²) in [5, 5.41) is 18.7. The molecule has 7 rings (SSSR count). The highest BCUT2D eigenvalue weighted by Crippen LogP contribution is 2.35. The Hall–Kier alpha value is -5.39. The van der Waals surface area contributed by atoms with Crippen LogP contribution in [0.4, 0.5) is 22.1 Å². The van der Waals surface area contributed by atoms with Crippen LogP contribution in [-0.2, 0) is 6.54 Å². The molecule has 2 saturated carbocycles. The second-order valence-electron chi connectivity index (χ2n) is 12.3. The van der Waals surface area contributed by atoms with Gasteiger partial charge in [0.25, 0.3) is 23.7 Å². The molecule has 2 fully saturated rings. The van der Waals surface area contributed by atoms with Gasteiger partial charge in [0.15, 0.2) is 0 Å². The van der Waals surface area contributed by atoms with Crippen LogP contribution in [0, 0.1) is 5.92 Å². The Bertz CT molecular complexity index is 1760. The zero-order valence-electron chi connectivity index (χ0n) is 25.2. The maximum Gasteiger partial charge on any atom is 0.326 e. The lowest BCUT2D eigenvalue weighted by molar-refractivity contribution is 0.0646. The zero-order chi connectivity index (χ0) is 31.6. The lowest BCUT2D eigenvalue weighted by atomic mass is 9.84. The molecule has 0 atom stereocenters. The number of hydrogen-bond donors (Lipinski definition) is 3. The van der Waals surface area contributed by atoms with Crippen molar-refractivity contribution in [3.05, 3.63) is 94.5 Å². The van der Waals surface area contributed by atoms with Crippen molar-refractivity contribution in [3.63, 3.8) is 0 Å². The summed E-state index contributed by atoms with van der Waals surface area (Å²) in [5.41, 5.74) is 4.28. The van der Waals surface area contributed by atoms with Crippen LogP contribution in [0.2, 0.25) is 0 Å². The van der Waals surface area contributed by atoms with Crippen molar-refractivity contribution in [3.8, 4) is 0 Å². The average molecular weight is 619 g/mol. The van der Waals surface area contributed by atoms with Crippen molar-refractivity contribution >= 4 is 41.1 Å². The van der Waals surface area contributed by atoms with Crippen molar-refractivity contribution in [1.29, 1.82) is 0 Å². The molecule has 2 heterocycles. The van der Waals surface area contributed by atoms with Gasteiger partial charge in [-0.3, -0.25) is 29.5 Å². The van der Waals surface area contributed by atoms with Crippen molar-refractivity contribution in [1.82, 2.24) is 25.5 Å². The Morgan fingerprint density at radius 2 is 1.59 bits per heavy atom. The molecule has 0 bridgehead atoms. The molecule has 234 valence electrons. The number of tetrazole rings is 1. The number of nitrogens with zero attached hydrogens (tertiary/aromatic N) is 5. The minimum Gasteiger partial charge on any atom is -0.308 e. The molecule has 12 nitrogen and oxygen atoms in total. The summed E-state index contributed by atoms with van der Waals surface area (Å²) in [4.78, 5) is 55.3. The fraction of sp³-hybridized carbons (Fsp3) is 0.324. The second-order valence-corrected chi connectivity index (χ2v) is 12.3. The molecule has 0 radical (unpaired) electrons. The molecular formula is C34H34N8O4. The third kappa shape index (κ3) is 6.23. The number of amides is 5. The summed E-state index contributed by atoms with van der Waals surface area (Å²) in [5.74, 6) is -0.000710. The third-order valence-electron chi connectivity index (χ3n) is 9.01. The summed E-state index contributed by atoms with van der Waals surface area (Å²) < 4.78 is 0. The number of hydrogen-bond acceptors (Lipinski definition) is 7. The summed E-state index contributed by atoms with van der Waals surface area (Å²) in [7, 11) is 0. The molecule has 0 spiro atoms. The van der Waals surface area contributed by atoms with Crippen LogP contribution in [0.3, 0.4) is 0 Å². The predicted octanol–water partition coefficient (Wildman–Crippen LogP) is 5.74. The van der Waals surface area contributed by atoms with Crippen LogP contribution in [0.15, 0.2) is 66.7 Å². The van der Waals surface area contributed by atoms with E-state index >= 15 is 0 Å². The van der Waals surface area contributed by atoms with Gasteiger partial charge in [0.2, 0.25) is 0 Å². The van der Waals surface area contributed by atoms with Gasteiger partial charge in [-0.1, -0.05) is 48.6 Å². The highest BCUT2D eigenvalue weighted by molar-refractivity contribution is 6.22. The van der Waals surface area contributed by atoms with E-state index in [-0.39, 0.29) is 30.2 Å². The van der Waals surface area contributed by atoms with E-state index in [0.29, 0.717) is 46.4 Å². The molecule has 1 aliphatic heterocycles. The second kappa shape index (κ2) is 12.5. The van der Waals surface area contributed by atoms with E-state index in [1.807, 2.05) is 12.1 Å². The lowest BCUT2D eigenvalue weighted by Gasteiger charge is -2.26. The maximum atomic E-state index is 13.9. The molecule has 0 saturated heterocycles. The highest BCUT2D eigenvalue weighted by atomic mass is 16.2. The number of aromatic nitrogens is 4. The monoisotopic (exact) mass is 618 g/mol. The first-order valence-electron chi connectivity index (χ1n) is 15.8. The van der Waals surface area contributed by atoms with Crippen molar-refractivity contribution in [2.45, 2.75) is 57.4 Å². The zero-order valence-corrected chi connectivity index (χ0v) is 25.2. The van der Waals surface area contributed by atoms with E-state index in [4.69, 9.17) is 0 Å². The van der Waals surface area contributed by atoms with E-state index in [1.165, 1.54) is 42.6 Å².